The van der Waals surface area contributed by atoms with Crippen LogP contribution in [0.3, 0.4) is 0 Å². The molecule has 0 bridgehead atoms. The third-order valence-electron chi connectivity index (χ3n) is 6.67. The SMILES string of the molecule is CC1CCN(Cc2ccc(NC(=O)C3CC(=O)N(c4ccc5c(c4)OCO5)C3)cc2)CC1. The smallest absolute Gasteiger partial charge is 0.231 e. The Hall–Kier alpha value is -3.06. The molecule has 7 heteroatoms. The minimum absolute atomic E-state index is 0.0600. The van der Waals surface area contributed by atoms with Crippen LogP contribution in [-0.2, 0) is 16.1 Å². The van der Waals surface area contributed by atoms with Crippen LogP contribution in [0.4, 0.5) is 11.4 Å². The molecule has 2 saturated heterocycles. The van der Waals surface area contributed by atoms with Crippen LogP contribution >= 0.6 is 0 Å². The molecule has 0 saturated carbocycles. The Bertz CT molecular complexity index is 999. The summed E-state index contributed by atoms with van der Waals surface area (Å²) >= 11 is 0. The van der Waals surface area contributed by atoms with E-state index in [1.165, 1.54) is 18.4 Å². The molecule has 0 aliphatic carbocycles. The number of benzene rings is 2. The summed E-state index contributed by atoms with van der Waals surface area (Å²) < 4.78 is 10.7. The Morgan fingerprint density at radius 1 is 1.06 bits per heavy atom. The number of amides is 2. The summed E-state index contributed by atoms with van der Waals surface area (Å²) in [6.07, 6.45) is 2.72. The molecule has 2 fully saturated rings. The van der Waals surface area contributed by atoms with Crippen molar-refractivity contribution in [3.8, 4) is 11.5 Å². The van der Waals surface area contributed by atoms with Crippen LogP contribution in [-0.4, -0.2) is 43.1 Å². The molecule has 0 aromatic heterocycles. The summed E-state index contributed by atoms with van der Waals surface area (Å²) in [7, 11) is 0. The van der Waals surface area contributed by atoms with Gasteiger partial charge in [-0.15, -0.1) is 0 Å². The van der Waals surface area contributed by atoms with Gasteiger partial charge < -0.3 is 19.7 Å². The van der Waals surface area contributed by atoms with Crippen molar-refractivity contribution in [3.05, 3.63) is 48.0 Å². The Balaban J connectivity index is 1.17. The number of nitrogens with zero attached hydrogens (tertiary/aromatic N) is 2. The van der Waals surface area contributed by atoms with Gasteiger partial charge in [0.1, 0.15) is 0 Å². The van der Waals surface area contributed by atoms with E-state index in [0.29, 0.717) is 18.0 Å². The average molecular weight is 436 g/mol. The van der Waals surface area contributed by atoms with E-state index in [4.69, 9.17) is 9.47 Å². The first-order chi connectivity index (χ1) is 15.5. The zero-order valence-electron chi connectivity index (χ0n) is 18.4. The van der Waals surface area contributed by atoms with Gasteiger partial charge in [-0.25, -0.2) is 0 Å². The predicted octanol–water partition coefficient (Wildman–Crippen LogP) is 3.64. The second-order valence-corrected chi connectivity index (χ2v) is 9.09. The highest BCUT2D eigenvalue weighted by molar-refractivity contribution is 6.03. The number of ether oxygens (including phenoxy) is 2. The molecule has 1 atom stereocenters. The van der Waals surface area contributed by atoms with Gasteiger partial charge in [-0.1, -0.05) is 19.1 Å². The van der Waals surface area contributed by atoms with Crippen LogP contribution in [0.5, 0.6) is 11.5 Å². The molecule has 1 N–H and O–H groups in total. The van der Waals surface area contributed by atoms with Crippen LogP contribution in [0.2, 0.25) is 0 Å². The maximum absolute atomic E-state index is 12.8. The molecule has 1 unspecified atom stereocenters. The number of nitrogens with one attached hydrogen (secondary N) is 1. The normalized spacial score (nSPS) is 21.2. The minimum atomic E-state index is -0.386. The Morgan fingerprint density at radius 3 is 2.59 bits per heavy atom. The predicted molar refractivity (Wildman–Crippen MR) is 122 cm³/mol. The van der Waals surface area contributed by atoms with Crippen molar-refractivity contribution in [3.63, 3.8) is 0 Å². The number of carbonyl (C=O) groups excluding carboxylic acids is 2. The summed E-state index contributed by atoms with van der Waals surface area (Å²) in [4.78, 5) is 29.5. The van der Waals surface area contributed by atoms with Gasteiger partial charge >= 0.3 is 0 Å². The van der Waals surface area contributed by atoms with E-state index in [-0.39, 0.29) is 30.9 Å². The van der Waals surface area contributed by atoms with Crippen molar-refractivity contribution in [1.82, 2.24) is 4.90 Å². The molecule has 168 valence electrons. The van der Waals surface area contributed by atoms with Gasteiger partial charge in [0.25, 0.3) is 0 Å². The first kappa shape index (κ1) is 20.8. The maximum Gasteiger partial charge on any atom is 0.231 e. The lowest BCUT2D eigenvalue weighted by Gasteiger charge is -2.30. The van der Waals surface area contributed by atoms with Crippen molar-refractivity contribution >= 4 is 23.2 Å². The Morgan fingerprint density at radius 2 is 1.81 bits per heavy atom. The van der Waals surface area contributed by atoms with Gasteiger partial charge in [0, 0.05) is 37.0 Å². The minimum Gasteiger partial charge on any atom is -0.454 e. The number of hydrogen-bond acceptors (Lipinski definition) is 5. The fourth-order valence-electron chi connectivity index (χ4n) is 4.60. The first-order valence-electron chi connectivity index (χ1n) is 11.4. The number of hydrogen-bond donors (Lipinski definition) is 1. The number of carbonyl (C=O) groups is 2. The van der Waals surface area contributed by atoms with Gasteiger partial charge in [0.05, 0.1) is 5.92 Å². The van der Waals surface area contributed by atoms with Crippen LogP contribution in [0, 0.1) is 11.8 Å². The standard InChI is InChI=1S/C25H29N3O4/c1-17-8-10-27(11-9-17)14-18-2-4-20(5-3-18)26-25(30)19-12-24(29)28(15-19)21-6-7-22-23(13-21)32-16-31-22/h2-7,13,17,19H,8-12,14-16H2,1H3,(H,26,30). The molecule has 32 heavy (non-hydrogen) atoms. The molecule has 7 nitrogen and oxygen atoms in total. The highest BCUT2D eigenvalue weighted by atomic mass is 16.7. The lowest BCUT2D eigenvalue weighted by molar-refractivity contribution is -0.122. The molecule has 0 radical (unpaired) electrons. The summed E-state index contributed by atoms with van der Waals surface area (Å²) in [5.74, 6) is 1.56. The van der Waals surface area contributed by atoms with Crippen LogP contribution in [0.25, 0.3) is 0 Å². The van der Waals surface area contributed by atoms with Crippen molar-refractivity contribution in [1.29, 1.82) is 0 Å². The van der Waals surface area contributed by atoms with Crippen molar-refractivity contribution in [2.45, 2.75) is 32.7 Å². The molecule has 5 rings (SSSR count). The lowest BCUT2D eigenvalue weighted by Crippen LogP contribution is -2.32. The van der Waals surface area contributed by atoms with E-state index in [1.807, 2.05) is 18.2 Å². The van der Waals surface area contributed by atoms with Crippen LogP contribution < -0.4 is 19.7 Å². The number of piperidine rings is 1. The molecular formula is C25H29N3O4. The third-order valence-corrected chi connectivity index (χ3v) is 6.67. The van der Waals surface area contributed by atoms with E-state index in [1.54, 1.807) is 17.0 Å². The number of anilines is 2. The summed E-state index contributed by atoms with van der Waals surface area (Å²) in [6.45, 7) is 6.11. The van der Waals surface area contributed by atoms with Crippen molar-refractivity contribution < 1.29 is 19.1 Å². The summed E-state index contributed by atoms with van der Waals surface area (Å²) in [5, 5.41) is 2.98. The second-order valence-electron chi connectivity index (χ2n) is 9.09. The quantitative estimate of drug-likeness (QED) is 0.777. The molecule has 3 aliphatic heterocycles. The lowest BCUT2D eigenvalue weighted by atomic mass is 9.99. The molecule has 0 spiro atoms. The van der Waals surface area contributed by atoms with E-state index in [2.05, 4.69) is 29.3 Å². The summed E-state index contributed by atoms with van der Waals surface area (Å²) in [6, 6.07) is 13.5. The molecule has 2 amide bonds. The fourth-order valence-corrected chi connectivity index (χ4v) is 4.60. The Kier molecular flexibility index (Phi) is 5.74. The van der Waals surface area contributed by atoms with Gasteiger partial charge in [-0.2, -0.15) is 0 Å². The molecular weight excluding hydrogens is 406 g/mol. The maximum atomic E-state index is 12.8. The fraction of sp³-hybridized carbons (Fsp3) is 0.440. The largest absolute Gasteiger partial charge is 0.454 e. The van der Waals surface area contributed by atoms with E-state index in [9.17, 15) is 9.59 Å². The third kappa shape index (κ3) is 4.43. The second kappa shape index (κ2) is 8.82. The zero-order valence-corrected chi connectivity index (χ0v) is 18.4. The molecule has 2 aromatic rings. The highest BCUT2D eigenvalue weighted by Crippen LogP contribution is 2.37. The van der Waals surface area contributed by atoms with Crippen LogP contribution in [0.15, 0.2) is 42.5 Å². The number of rotatable bonds is 5. The summed E-state index contributed by atoms with van der Waals surface area (Å²) in [5.41, 5.74) is 2.74. The number of fused-ring (bicyclic) bond motifs is 1. The molecule has 3 aliphatic rings. The van der Waals surface area contributed by atoms with Gasteiger partial charge in [-0.05, 0) is 61.7 Å². The van der Waals surface area contributed by atoms with Crippen LogP contribution in [0.1, 0.15) is 31.7 Å². The van der Waals surface area contributed by atoms with E-state index in [0.717, 1.165) is 36.9 Å². The highest BCUT2D eigenvalue weighted by Gasteiger charge is 2.35. The van der Waals surface area contributed by atoms with Gasteiger partial charge in [-0.3, -0.25) is 14.5 Å². The zero-order chi connectivity index (χ0) is 22.1. The van der Waals surface area contributed by atoms with Crippen molar-refractivity contribution in [2.24, 2.45) is 11.8 Å². The van der Waals surface area contributed by atoms with E-state index >= 15 is 0 Å². The van der Waals surface area contributed by atoms with Crippen molar-refractivity contribution in [2.75, 3.05) is 36.6 Å². The monoisotopic (exact) mass is 435 g/mol. The first-order valence-corrected chi connectivity index (χ1v) is 11.4. The van der Waals surface area contributed by atoms with E-state index < -0.39 is 0 Å². The van der Waals surface area contributed by atoms with Gasteiger partial charge in [0.15, 0.2) is 11.5 Å². The molecule has 2 aromatic carbocycles. The molecule has 3 heterocycles. The number of likely N-dealkylation sites (tertiary alicyclic amines) is 1. The van der Waals surface area contributed by atoms with Gasteiger partial charge in [0.2, 0.25) is 18.6 Å². The average Bonchev–Trinajstić information content (AvgIpc) is 3.42. The topological polar surface area (TPSA) is 71.1 Å². The Labute approximate surface area is 188 Å².